The maximum absolute atomic E-state index is 12.9. The van der Waals surface area contributed by atoms with Crippen molar-refractivity contribution in [2.75, 3.05) is 38.3 Å². The predicted octanol–water partition coefficient (Wildman–Crippen LogP) is 3.51. The first-order valence-electron chi connectivity index (χ1n) is 11.8. The first-order chi connectivity index (χ1) is 16.6. The molecule has 3 aromatic rings. The minimum absolute atomic E-state index is 0.0657. The van der Waals surface area contributed by atoms with Crippen LogP contribution in [-0.4, -0.2) is 55.3 Å². The zero-order valence-corrected chi connectivity index (χ0v) is 19.6. The molecule has 0 radical (unpaired) electrons. The number of carbonyl (C=O) groups excluding carboxylic acids is 1. The van der Waals surface area contributed by atoms with E-state index in [1.165, 1.54) is 0 Å². The average molecular weight is 463 g/mol. The Morgan fingerprint density at radius 1 is 1.21 bits per heavy atom. The van der Waals surface area contributed by atoms with Gasteiger partial charge >= 0.3 is 0 Å². The molecule has 1 fully saturated rings. The van der Waals surface area contributed by atoms with Crippen LogP contribution in [0.15, 0.2) is 42.5 Å². The number of aryl methyl sites for hydroxylation is 1. The van der Waals surface area contributed by atoms with Crippen molar-refractivity contribution in [3.63, 3.8) is 0 Å². The minimum Gasteiger partial charge on any atom is -0.497 e. The molecule has 5 rings (SSSR count). The van der Waals surface area contributed by atoms with E-state index in [4.69, 9.17) is 24.2 Å². The molecule has 0 aliphatic carbocycles. The SMILES string of the molecule is COc1ccc2c(C)nc(N3CCCC(C(=O)NCCC4COc5ccccc5O4)C3)nc2c1. The number of fused-ring (bicyclic) bond motifs is 2. The quantitative estimate of drug-likeness (QED) is 0.600. The van der Waals surface area contributed by atoms with Crippen molar-refractivity contribution in [2.24, 2.45) is 5.92 Å². The molecule has 2 unspecified atom stereocenters. The van der Waals surface area contributed by atoms with E-state index in [0.29, 0.717) is 32.1 Å². The highest BCUT2D eigenvalue weighted by atomic mass is 16.6. The van der Waals surface area contributed by atoms with Gasteiger partial charge in [0.1, 0.15) is 18.5 Å². The van der Waals surface area contributed by atoms with Gasteiger partial charge in [0.05, 0.1) is 24.2 Å². The van der Waals surface area contributed by atoms with Crippen LogP contribution in [0.2, 0.25) is 0 Å². The molecule has 1 amide bonds. The molecule has 1 N–H and O–H groups in total. The third-order valence-electron chi connectivity index (χ3n) is 6.49. The number of hydrogen-bond donors (Lipinski definition) is 1. The number of ether oxygens (including phenoxy) is 3. The number of anilines is 1. The first-order valence-corrected chi connectivity index (χ1v) is 11.8. The number of methoxy groups -OCH3 is 1. The Hall–Kier alpha value is -3.55. The van der Waals surface area contributed by atoms with Crippen molar-refractivity contribution in [2.45, 2.75) is 32.3 Å². The highest BCUT2D eigenvalue weighted by Gasteiger charge is 2.28. The normalized spacial score (nSPS) is 19.6. The van der Waals surface area contributed by atoms with Gasteiger partial charge in [-0.25, -0.2) is 9.97 Å². The fourth-order valence-corrected chi connectivity index (χ4v) is 4.60. The highest BCUT2D eigenvalue weighted by molar-refractivity contribution is 5.83. The number of nitrogens with zero attached hydrogens (tertiary/aromatic N) is 3. The van der Waals surface area contributed by atoms with Crippen molar-refractivity contribution in [1.29, 1.82) is 0 Å². The molecule has 2 atom stereocenters. The Kier molecular flexibility index (Phi) is 6.38. The molecule has 2 aromatic carbocycles. The fourth-order valence-electron chi connectivity index (χ4n) is 4.60. The molecule has 8 nitrogen and oxygen atoms in total. The van der Waals surface area contributed by atoms with Gasteiger partial charge in [-0.1, -0.05) is 12.1 Å². The Morgan fingerprint density at radius 2 is 2.06 bits per heavy atom. The molecule has 2 aliphatic rings. The summed E-state index contributed by atoms with van der Waals surface area (Å²) in [6.45, 7) is 4.48. The van der Waals surface area contributed by atoms with E-state index in [9.17, 15) is 4.79 Å². The molecule has 1 saturated heterocycles. The largest absolute Gasteiger partial charge is 0.497 e. The lowest BCUT2D eigenvalue weighted by Gasteiger charge is -2.32. The predicted molar refractivity (Wildman–Crippen MR) is 130 cm³/mol. The number of nitrogens with one attached hydrogen (secondary N) is 1. The number of piperidine rings is 1. The molecule has 34 heavy (non-hydrogen) atoms. The topological polar surface area (TPSA) is 85.8 Å². The van der Waals surface area contributed by atoms with Gasteiger partial charge in [0.2, 0.25) is 11.9 Å². The van der Waals surface area contributed by atoms with Gasteiger partial charge in [0.25, 0.3) is 0 Å². The van der Waals surface area contributed by atoms with Crippen molar-refractivity contribution in [3.8, 4) is 17.2 Å². The summed E-state index contributed by atoms with van der Waals surface area (Å²) in [7, 11) is 1.65. The van der Waals surface area contributed by atoms with Gasteiger partial charge in [-0.3, -0.25) is 4.79 Å². The van der Waals surface area contributed by atoms with E-state index in [2.05, 4.69) is 10.2 Å². The van der Waals surface area contributed by atoms with E-state index in [0.717, 1.165) is 53.2 Å². The molecule has 1 aromatic heterocycles. The summed E-state index contributed by atoms with van der Waals surface area (Å²) in [6, 6.07) is 13.5. The Morgan fingerprint density at radius 3 is 2.91 bits per heavy atom. The van der Waals surface area contributed by atoms with E-state index in [1.807, 2.05) is 49.4 Å². The average Bonchev–Trinajstić information content (AvgIpc) is 2.88. The number of rotatable bonds is 6. The molecule has 178 valence electrons. The summed E-state index contributed by atoms with van der Waals surface area (Å²) in [4.78, 5) is 24.5. The highest BCUT2D eigenvalue weighted by Crippen LogP contribution is 2.31. The molecule has 0 bridgehead atoms. The second kappa shape index (κ2) is 9.75. The van der Waals surface area contributed by atoms with Crippen LogP contribution in [-0.2, 0) is 4.79 Å². The van der Waals surface area contributed by atoms with Gasteiger partial charge in [0.15, 0.2) is 11.5 Å². The number of amides is 1. The van der Waals surface area contributed by atoms with Gasteiger partial charge in [0, 0.05) is 37.5 Å². The molecular formula is C26H30N4O4. The van der Waals surface area contributed by atoms with Crippen LogP contribution >= 0.6 is 0 Å². The zero-order chi connectivity index (χ0) is 23.5. The van der Waals surface area contributed by atoms with Crippen molar-refractivity contribution < 1.29 is 19.0 Å². The number of para-hydroxylation sites is 2. The van der Waals surface area contributed by atoms with Gasteiger partial charge in [-0.2, -0.15) is 0 Å². The number of benzene rings is 2. The van der Waals surface area contributed by atoms with E-state index in [1.54, 1.807) is 7.11 Å². The zero-order valence-electron chi connectivity index (χ0n) is 19.6. The van der Waals surface area contributed by atoms with Gasteiger partial charge in [-0.05, 0) is 44.0 Å². The Bertz CT molecular complexity index is 1180. The summed E-state index contributed by atoms with van der Waals surface area (Å²) < 4.78 is 17.1. The van der Waals surface area contributed by atoms with Crippen molar-refractivity contribution in [3.05, 3.63) is 48.2 Å². The summed E-state index contributed by atoms with van der Waals surface area (Å²) in [5.74, 6) is 2.94. The van der Waals surface area contributed by atoms with Crippen molar-refractivity contribution >= 4 is 22.8 Å². The lowest BCUT2D eigenvalue weighted by Crippen LogP contribution is -2.44. The molecule has 0 saturated carbocycles. The number of aromatic nitrogens is 2. The minimum atomic E-state index is -0.0945. The summed E-state index contributed by atoms with van der Waals surface area (Å²) >= 11 is 0. The summed E-state index contributed by atoms with van der Waals surface area (Å²) in [5.41, 5.74) is 1.77. The fraction of sp³-hybridized carbons (Fsp3) is 0.423. The third-order valence-corrected chi connectivity index (χ3v) is 6.49. The second-order valence-corrected chi connectivity index (χ2v) is 8.85. The summed E-state index contributed by atoms with van der Waals surface area (Å²) in [5, 5.41) is 4.10. The summed E-state index contributed by atoms with van der Waals surface area (Å²) in [6.07, 6.45) is 2.42. The van der Waals surface area contributed by atoms with Crippen LogP contribution in [0.1, 0.15) is 25.0 Å². The van der Waals surface area contributed by atoms with Crippen LogP contribution < -0.4 is 24.4 Å². The molecule has 0 spiro atoms. The Balaban J connectivity index is 1.18. The standard InChI is InChI=1S/C26H30N4O4/c1-17-21-10-9-19(32-2)14-22(21)29-26(28-17)30-13-5-6-18(15-30)25(31)27-12-11-20-16-33-23-7-3-4-8-24(23)34-20/h3-4,7-10,14,18,20H,5-6,11-13,15-16H2,1-2H3,(H,27,31). The van der Waals surface area contributed by atoms with Crippen LogP contribution in [0.4, 0.5) is 5.95 Å². The molecule has 8 heteroatoms. The smallest absolute Gasteiger partial charge is 0.226 e. The number of hydrogen-bond acceptors (Lipinski definition) is 7. The number of carbonyl (C=O) groups is 1. The lowest BCUT2D eigenvalue weighted by molar-refractivity contribution is -0.125. The van der Waals surface area contributed by atoms with Crippen molar-refractivity contribution in [1.82, 2.24) is 15.3 Å². The van der Waals surface area contributed by atoms with Crippen LogP contribution in [0, 0.1) is 12.8 Å². The first kappa shape index (κ1) is 22.3. The maximum atomic E-state index is 12.9. The van der Waals surface area contributed by atoms with E-state index in [-0.39, 0.29) is 17.9 Å². The monoisotopic (exact) mass is 462 g/mol. The third kappa shape index (κ3) is 4.71. The van der Waals surface area contributed by atoms with E-state index >= 15 is 0 Å². The second-order valence-electron chi connectivity index (χ2n) is 8.85. The molecule has 2 aliphatic heterocycles. The van der Waals surface area contributed by atoms with Gasteiger partial charge < -0.3 is 24.4 Å². The van der Waals surface area contributed by atoms with E-state index < -0.39 is 0 Å². The Labute approximate surface area is 199 Å². The van der Waals surface area contributed by atoms with Crippen LogP contribution in [0.25, 0.3) is 10.9 Å². The van der Waals surface area contributed by atoms with Crippen LogP contribution in [0.5, 0.6) is 17.2 Å². The van der Waals surface area contributed by atoms with Gasteiger partial charge in [-0.15, -0.1) is 0 Å². The molecule has 3 heterocycles. The lowest BCUT2D eigenvalue weighted by atomic mass is 9.97. The molecular weight excluding hydrogens is 432 g/mol. The maximum Gasteiger partial charge on any atom is 0.226 e. The van der Waals surface area contributed by atoms with Crippen LogP contribution in [0.3, 0.4) is 0 Å².